The van der Waals surface area contributed by atoms with Gasteiger partial charge in [0, 0.05) is 16.5 Å². The first-order valence-electron chi connectivity index (χ1n) is 5.66. The van der Waals surface area contributed by atoms with Gasteiger partial charge in [-0.3, -0.25) is 0 Å². The van der Waals surface area contributed by atoms with Gasteiger partial charge in [-0.25, -0.2) is 4.98 Å². The van der Waals surface area contributed by atoms with Gasteiger partial charge >= 0.3 is 0 Å². The fraction of sp³-hybridized carbons (Fsp3) is 0.214. The van der Waals surface area contributed by atoms with Crippen LogP contribution in [0.4, 0.5) is 0 Å². The Kier molecular flexibility index (Phi) is 4.71. The second kappa shape index (κ2) is 6.12. The predicted molar refractivity (Wildman–Crippen MR) is 82.5 cm³/mol. The maximum absolute atomic E-state index is 6.11. The summed E-state index contributed by atoms with van der Waals surface area (Å²) in [5.74, 6) is 1.48. The molecule has 2 nitrogen and oxygen atoms in total. The Labute approximate surface area is 130 Å². The average molecular weight is 361 g/mol. The number of pyridine rings is 1. The second-order valence-corrected chi connectivity index (χ2v) is 5.70. The van der Waals surface area contributed by atoms with Crippen LogP contribution in [0.3, 0.4) is 0 Å². The van der Waals surface area contributed by atoms with Crippen molar-refractivity contribution < 1.29 is 4.74 Å². The molecule has 0 saturated heterocycles. The van der Waals surface area contributed by atoms with E-state index in [0.717, 1.165) is 21.2 Å². The Morgan fingerprint density at radius 2 is 1.84 bits per heavy atom. The molecule has 0 aliphatic heterocycles. The summed E-state index contributed by atoms with van der Waals surface area (Å²) in [6, 6.07) is 5.63. The highest BCUT2D eigenvalue weighted by Gasteiger charge is 2.08. The largest absolute Gasteiger partial charge is 0.438 e. The second-order valence-electron chi connectivity index (χ2n) is 4.24. The summed E-state index contributed by atoms with van der Waals surface area (Å²) in [5, 5.41) is 0.455. The molecule has 0 radical (unpaired) electrons. The first kappa shape index (κ1) is 14.6. The monoisotopic (exact) mass is 359 g/mol. The fourth-order valence-electron chi connectivity index (χ4n) is 1.69. The van der Waals surface area contributed by atoms with E-state index in [9.17, 15) is 0 Å². The zero-order chi connectivity index (χ0) is 14.0. The number of aryl methyl sites for hydroxylation is 2. The summed E-state index contributed by atoms with van der Waals surface area (Å²) >= 11 is 15.4. The summed E-state index contributed by atoms with van der Waals surface area (Å²) < 4.78 is 6.80. The van der Waals surface area contributed by atoms with Gasteiger partial charge in [-0.05, 0) is 48.7 Å². The van der Waals surface area contributed by atoms with Crippen molar-refractivity contribution in [2.75, 3.05) is 0 Å². The molecular weight excluding hydrogens is 349 g/mol. The third-order valence-corrected chi connectivity index (χ3v) is 4.47. The smallest absolute Gasteiger partial charge is 0.238 e. The van der Waals surface area contributed by atoms with E-state index in [1.54, 1.807) is 12.3 Å². The number of nitrogens with zero attached hydrogens (tertiary/aromatic N) is 1. The van der Waals surface area contributed by atoms with Crippen molar-refractivity contribution >= 4 is 39.1 Å². The van der Waals surface area contributed by atoms with Gasteiger partial charge in [-0.1, -0.05) is 27.5 Å². The third-order valence-electron chi connectivity index (χ3n) is 2.64. The van der Waals surface area contributed by atoms with Gasteiger partial charge < -0.3 is 4.74 Å². The third kappa shape index (κ3) is 3.41. The first-order chi connectivity index (χ1) is 9.01. The van der Waals surface area contributed by atoms with E-state index in [4.69, 9.17) is 27.9 Å². The highest BCUT2D eigenvalue weighted by Crippen LogP contribution is 2.32. The van der Waals surface area contributed by atoms with E-state index in [1.165, 1.54) is 0 Å². The quantitative estimate of drug-likeness (QED) is 0.660. The minimum atomic E-state index is 0.378. The lowest BCUT2D eigenvalue weighted by Crippen LogP contribution is -1.92. The zero-order valence-electron chi connectivity index (χ0n) is 10.5. The van der Waals surface area contributed by atoms with Crippen LogP contribution in [0.2, 0.25) is 5.02 Å². The molecule has 0 bridgehead atoms. The van der Waals surface area contributed by atoms with Crippen LogP contribution in [-0.2, 0) is 5.88 Å². The van der Waals surface area contributed by atoms with E-state index in [-0.39, 0.29) is 0 Å². The van der Waals surface area contributed by atoms with E-state index in [2.05, 4.69) is 20.9 Å². The van der Waals surface area contributed by atoms with Crippen LogP contribution >= 0.6 is 39.1 Å². The maximum atomic E-state index is 6.11. The molecule has 19 heavy (non-hydrogen) atoms. The Morgan fingerprint density at radius 3 is 2.37 bits per heavy atom. The Bertz CT molecular complexity index is 593. The van der Waals surface area contributed by atoms with Crippen molar-refractivity contribution in [1.29, 1.82) is 0 Å². The van der Waals surface area contributed by atoms with E-state index >= 15 is 0 Å². The molecule has 2 aromatic rings. The highest BCUT2D eigenvalue weighted by molar-refractivity contribution is 9.10. The molecule has 5 heteroatoms. The summed E-state index contributed by atoms with van der Waals surface area (Å²) in [5.41, 5.74) is 3.06. The molecule has 1 aromatic carbocycles. The zero-order valence-corrected chi connectivity index (χ0v) is 13.6. The average Bonchev–Trinajstić information content (AvgIpc) is 2.38. The molecule has 0 amide bonds. The van der Waals surface area contributed by atoms with Gasteiger partial charge in [0.1, 0.15) is 10.8 Å². The number of ether oxygens (including phenoxy) is 1. The van der Waals surface area contributed by atoms with Crippen molar-refractivity contribution in [1.82, 2.24) is 4.98 Å². The van der Waals surface area contributed by atoms with Gasteiger partial charge in [0.05, 0.1) is 0 Å². The molecule has 0 spiro atoms. The number of halogens is 3. The van der Waals surface area contributed by atoms with E-state index in [1.807, 2.05) is 26.0 Å². The van der Waals surface area contributed by atoms with Crippen LogP contribution in [0.25, 0.3) is 0 Å². The van der Waals surface area contributed by atoms with E-state index in [0.29, 0.717) is 22.5 Å². The molecule has 0 atom stereocenters. The Hall–Kier alpha value is -0.770. The molecule has 1 aromatic heterocycles. The van der Waals surface area contributed by atoms with Crippen molar-refractivity contribution in [3.63, 3.8) is 0 Å². The van der Waals surface area contributed by atoms with Crippen molar-refractivity contribution in [2.24, 2.45) is 0 Å². The number of aromatic nitrogens is 1. The number of hydrogen-bond donors (Lipinski definition) is 0. The van der Waals surface area contributed by atoms with Gasteiger partial charge in [-0.15, -0.1) is 11.6 Å². The summed E-state index contributed by atoms with van der Waals surface area (Å²) in [4.78, 5) is 4.18. The Balaban J connectivity index is 2.31. The fourth-order valence-corrected chi connectivity index (χ4v) is 2.29. The molecule has 1 heterocycles. The lowest BCUT2D eigenvalue weighted by molar-refractivity contribution is 0.462. The van der Waals surface area contributed by atoms with Crippen molar-refractivity contribution in [3.8, 4) is 11.6 Å². The normalized spacial score (nSPS) is 10.6. The van der Waals surface area contributed by atoms with Crippen molar-refractivity contribution in [3.05, 3.63) is 50.6 Å². The number of alkyl halides is 1. The summed E-state index contributed by atoms with van der Waals surface area (Å²) in [6.45, 7) is 4.02. The molecular formula is C14H12BrCl2NO. The lowest BCUT2D eigenvalue weighted by atomic mass is 10.1. The standard InChI is InChI=1S/C14H12BrCl2NO/c1-8-3-11(4-9(2)13(8)15)19-14-12(17)5-10(6-16)7-18-14/h3-5,7H,6H2,1-2H3. The number of benzene rings is 1. The number of rotatable bonds is 3. The van der Waals surface area contributed by atoms with Crippen LogP contribution in [0.15, 0.2) is 28.9 Å². The molecule has 0 unspecified atom stereocenters. The van der Waals surface area contributed by atoms with E-state index < -0.39 is 0 Å². The number of hydrogen-bond acceptors (Lipinski definition) is 2. The van der Waals surface area contributed by atoms with Gasteiger partial charge in [0.2, 0.25) is 5.88 Å². The molecule has 0 saturated carbocycles. The van der Waals surface area contributed by atoms with Gasteiger partial charge in [0.25, 0.3) is 0 Å². The van der Waals surface area contributed by atoms with Crippen LogP contribution in [0.5, 0.6) is 11.6 Å². The molecule has 0 fully saturated rings. The summed E-state index contributed by atoms with van der Waals surface area (Å²) in [6.07, 6.45) is 1.66. The minimum absolute atomic E-state index is 0.378. The first-order valence-corrected chi connectivity index (χ1v) is 7.37. The van der Waals surface area contributed by atoms with Gasteiger partial charge in [-0.2, -0.15) is 0 Å². The maximum Gasteiger partial charge on any atom is 0.238 e. The van der Waals surface area contributed by atoms with Crippen LogP contribution in [0.1, 0.15) is 16.7 Å². The minimum Gasteiger partial charge on any atom is -0.438 e. The molecule has 0 aliphatic carbocycles. The molecule has 2 rings (SSSR count). The van der Waals surface area contributed by atoms with Crippen LogP contribution < -0.4 is 4.74 Å². The van der Waals surface area contributed by atoms with Crippen LogP contribution in [0, 0.1) is 13.8 Å². The van der Waals surface area contributed by atoms with Crippen LogP contribution in [-0.4, -0.2) is 4.98 Å². The van der Waals surface area contributed by atoms with Crippen molar-refractivity contribution in [2.45, 2.75) is 19.7 Å². The summed E-state index contributed by atoms with van der Waals surface area (Å²) in [7, 11) is 0. The lowest BCUT2D eigenvalue weighted by Gasteiger charge is -2.10. The topological polar surface area (TPSA) is 22.1 Å². The Morgan fingerprint density at radius 1 is 1.21 bits per heavy atom. The molecule has 0 N–H and O–H groups in total. The highest BCUT2D eigenvalue weighted by atomic mass is 79.9. The predicted octanol–water partition coefficient (Wildman–Crippen LogP) is 5.65. The SMILES string of the molecule is Cc1cc(Oc2ncc(CCl)cc2Cl)cc(C)c1Br. The molecule has 100 valence electrons. The van der Waals surface area contributed by atoms with Gasteiger partial charge in [0.15, 0.2) is 0 Å². The molecule has 0 aliphatic rings.